The zero-order valence-corrected chi connectivity index (χ0v) is 15.4. The second kappa shape index (κ2) is 7.07. The first kappa shape index (κ1) is 17.8. The van der Waals surface area contributed by atoms with Crippen molar-refractivity contribution in [2.24, 2.45) is 11.8 Å². The van der Waals surface area contributed by atoms with Crippen molar-refractivity contribution in [2.75, 3.05) is 20.2 Å². The normalized spacial score (nSPS) is 28.7. The van der Waals surface area contributed by atoms with E-state index in [1.54, 1.807) is 16.1 Å². The van der Waals surface area contributed by atoms with Gasteiger partial charge in [0.05, 0.1) is 6.04 Å². The molecule has 1 aromatic heterocycles. The van der Waals surface area contributed by atoms with Gasteiger partial charge in [-0.25, -0.2) is 9.67 Å². The Morgan fingerprint density at radius 3 is 2.67 bits per heavy atom. The maximum Gasteiger partial charge on any atom is 0.280 e. The van der Waals surface area contributed by atoms with Gasteiger partial charge >= 0.3 is 0 Å². The summed E-state index contributed by atoms with van der Waals surface area (Å²) in [5.41, 5.74) is 0. The Kier molecular flexibility index (Phi) is 5.24. The Labute approximate surface area is 143 Å². The molecule has 1 aromatic rings. The van der Waals surface area contributed by atoms with Gasteiger partial charge in [0.1, 0.15) is 12.4 Å². The minimum absolute atomic E-state index is 0.325. The van der Waals surface area contributed by atoms with Crippen LogP contribution in [0.1, 0.15) is 50.8 Å². The molecule has 3 heterocycles. The summed E-state index contributed by atoms with van der Waals surface area (Å²) in [5.74, 6) is 2.05. The molecule has 8 nitrogen and oxygen atoms in total. The number of methoxy groups -OCH3 is 1. The number of piperidine rings is 1. The largest absolute Gasteiger partial charge is 0.377 e. The molecule has 3 atom stereocenters. The first-order valence-corrected chi connectivity index (χ1v) is 10.0. The number of fused-ring (bicyclic) bond motifs is 1. The number of nitrogens with zero attached hydrogens (tertiary/aromatic N) is 4. The van der Waals surface area contributed by atoms with Crippen molar-refractivity contribution in [3.8, 4) is 0 Å². The van der Waals surface area contributed by atoms with E-state index in [0.29, 0.717) is 43.2 Å². The molecule has 0 radical (unpaired) electrons. The highest BCUT2D eigenvalue weighted by molar-refractivity contribution is 7.87. The van der Waals surface area contributed by atoms with Gasteiger partial charge in [-0.1, -0.05) is 13.8 Å². The number of nitrogens with one attached hydrogen (secondary N) is 1. The van der Waals surface area contributed by atoms with Crippen LogP contribution in [0.25, 0.3) is 0 Å². The van der Waals surface area contributed by atoms with Crippen LogP contribution >= 0.6 is 0 Å². The number of ether oxygens (including phenoxy) is 1. The van der Waals surface area contributed by atoms with E-state index in [0.717, 1.165) is 25.8 Å². The maximum atomic E-state index is 12.8. The van der Waals surface area contributed by atoms with Crippen molar-refractivity contribution in [1.29, 1.82) is 0 Å². The second-order valence-electron chi connectivity index (χ2n) is 7.12. The zero-order chi connectivity index (χ0) is 17.3. The molecule has 1 saturated heterocycles. The molecule has 0 aliphatic carbocycles. The van der Waals surface area contributed by atoms with Crippen molar-refractivity contribution in [2.45, 2.75) is 52.3 Å². The summed E-state index contributed by atoms with van der Waals surface area (Å²) in [6.45, 7) is 6.46. The fourth-order valence-corrected chi connectivity index (χ4v) is 5.39. The van der Waals surface area contributed by atoms with Gasteiger partial charge in [0.2, 0.25) is 0 Å². The lowest BCUT2D eigenvalue weighted by molar-refractivity contribution is 0.177. The Bertz CT molecular complexity index is 665. The molecule has 3 rings (SSSR count). The van der Waals surface area contributed by atoms with E-state index in [1.807, 2.05) is 0 Å². The smallest absolute Gasteiger partial charge is 0.280 e. The number of hydrogen-bond donors (Lipinski definition) is 1. The Balaban J connectivity index is 1.76. The number of aryl methyl sites for hydroxylation is 1. The fraction of sp³-hybridized carbons (Fsp3) is 0.867. The van der Waals surface area contributed by atoms with Crippen LogP contribution in [0, 0.1) is 11.8 Å². The van der Waals surface area contributed by atoms with E-state index in [1.165, 1.54) is 0 Å². The van der Waals surface area contributed by atoms with Gasteiger partial charge in [0.25, 0.3) is 10.2 Å². The second-order valence-corrected chi connectivity index (χ2v) is 8.83. The lowest BCUT2D eigenvalue weighted by Crippen LogP contribution is -2.49. The predicted octanol–water partition coefficient (Wildman–Crippen LogP) is 1.07. The quantitative estimate of drug-likeness (QED) is 0.851. The van der Waals surface area contributed by atoms with Crippen molar-refractivity contribution in [3.05, 3.63) is 11.6 Å². The summed E-state index contributed by atoms with van der Waals surface area (Å²) in [5, 5.41) is 4.39. The number of rotatable bonds is 5. The van der Waals surface area contributed by atoms with Gasteiger partial charge < -0.3 is 4.74 Å². The molecular formula is C15H27N5O3S. The summed E-state index contributed by atoms with van der Waals surface area (Å²) in [4.78, 5) is 4.46. The van der Waals surface area contributed by atoms with Gasteiger partial charge in [0.15, 0.2) is 5.82 Å². The van der Waals surface area contributed by atoms with Crippen LogP contribution in [0.5, 0.6) is 0 Å². The molecule has 2 aliphatic heterocycles. The van der Waals surface area contributed by atoms with Crippen LogP contribution in [-0.2, 0) is 28.1 Å². The maximum absolute atomic E-state index is 12.8. The molecule has 1 N–H and O–H groups in total. The Morgan fingerprint density at radius 1 is 1.29 bits per heavy atom. The van der Waals surface area contributed by atoms with Crippen LogP contribution < -0.4 is 4.72 Å². The molecule has 0 aromatic carbocycles. The van der Waals surface area contributed by atoms with Crippen molar-refractivity contribution in [3.63, 3.8) is 0 Å². The summed E-state index contributed by atoms with van der Waals surface area (Å²) < 4.78 is 36.9. The van der Waals surface area contributed by atoms with E-state index < -0.39 is 10.2 Å². The fourth-order valence-electron chi connectivity index (χ4n) is 3.76. The highest BCUT2D eigenvalue weighted by Crippen LogP contribution is 2.27. The number of hydrogen-bond acceptors (Lipinski definition) is 5. The molecule has 0 saturated carbocycles. The van der Waals surface area contributed by atoms with Gasteiger partial charge in [-0.2, -0.15) is 22.5 Å². The Hall–Kier alpha value is -1.03. The number of aromatic nitrogens is 3. The third kappa shape index (κ3) is 3.79. The van der Waals surface area contributed by atoms with Gasteiger partial charge in [-0.05, 0) is 31.1 Å². The van der Waals surface area contributed by atoms with E-state index in [-0.39, 0.29) is 6.04 Å². The summed E-state index contributed by atoms with van der Waals surface area (Å²) in [6, 6.07) is -0.325. The lowest BCUT2D eigenvalue weighted by Gasteiger charge is -2.35. The minimum atomic E-state index is -3.52. The zero-order valence-electron chi connectivity index (χ0n) is 14.6. The lowest BCUT2D eigenvalue weighted by atomic mass is 9.94. The molecule has 0 unspecified atom stereocenters. The van der Waals surface area contributed by atoms with E-state index in [4.69, 9.17) is 4.74 Å². The molecule has 136 valence electrons. The average Bonchev–Trinajstić information content (AvgIpc) is 2.90. The van der Waals surface area contributed by atoms with Crippen molar-refractivity contribution >= 4 is 10.2 Å². The topological polar surface area (TPSA) is 89.3 Å². The van der Waals surface area contributed by atoms with Crippen LogP contribution in [0.3, 0.4) is 0 Å². The summed E-state index contributed by atoms with van der Waals surface area (Å²) >= 11 is 0. The molecule has 0 spiro atoms. The first-order valence-electron chi connectivity index (χ1n) is 8.59. The molecule has 1 fully saturated rings. The van der Waals surface area contributed by atoms with Crippen LogP contribution in [-0.4, -0.2) is 47.7 Å². The SMILES string of the molecule is COCc1nc2n(n1)CCC[C@@H]2NS(=O)(=O)N1C[C@@H](C)C[C@H](C)C1. The van der Waals surface area contributed by atoms with Crippen molar-refractivity contribution in [1.82, 2.24) is 23.8 Å². The minimum Gasteiger partial charge on any atom is -0.377 e. The highest BCUT2D eigenvalue weighted by atomic mass is 32.2. The van der Waals surface area contributed by atoms with Crippen molar-refractivity contribution < 1.29 is 13.2 Å². The average molecular weight is 357 g/mol. The van der Waals surface area contributed by atoms with E-state index >= 15 is 0 Å². The standard InChI is InChI=1S/C15H27N5O3S/c1-11-7-12(2)9-19(8-11)24(21,22)18-13-5-4-6-20-15(13)16-14(17-20)10-23-3/h11-13,18H,4-10H2,1-3H3/t11-,12-,13-/m0/s1. The van der Waals surface area contributed by atoms with Gasteiger partial charge in [-0.3, -0.25) is 0 Å². The molecule has 24 heavy (non-hydrogen) atoms. The van der Waals surface area contributed by atoms with Gasteiger partial charge in [0, 0.05) is 26.7 Å². The first-order chi connectivity index (χ1) is 11.4. The molecular weight excluding hydrogens is 330 g/mol. The van der Waals surface area contributed by atoms with Crippen LogP contribution in [0.15, 0.2) is 0 Å². The molecule has 9 heteroatoms. The third-order valence-electron chi connectivity index (χ3n) is 4.66. The highest BCUT2D eigenvalue weighted by Gasteiger charge is 2.34. The summed E-state index contributed by atoms with van der Waals surface area (Å²) in [7, 11) is -1.93. The molecule has 2 aliphatic rings. The monoisotopic (exact) mass is 357 g/mol. The molecule has 0 bridgehead atoms. The van der Waals surface area contributed by atoms with Gasteiger partial charge in [-0.15, -0.1) is 0 Å². The predicted molar refractivity (Wildman–Crippen MR) is 89.3 cm³/mol. The van der Waals surface area contributed by atoms with Crippen LogP contribution in [0.2, 0.25) is 0 Å². The molecule has 0 amide bonds. The Morgan fingerprint density at radius 2 is 2.00 bits per heavy atom. The third-order valence-corrected chi connectivity index (χ3v) is 6.22. The summed E-state index contributed by atoms with van der Waals surface area (Å²) in [6.07, 6.45) is 2.69. The van der Waals surface area contributed by atoms with E-state index in [2.05, 4.69) is 28.7 Å². The van der Waals surface area contributed by atoms with E-state index in [9.17, 15) is 8.42 Å². The van der Waals surface area contributed by atoms with Crippen LogP contribution in [0.4, 0.5) is 0 Å².